The molecule has 0 atom stereocenters. The highest BCUT2D eigenvalue weighted by molar-refractivity contribution is 6.30. The third-order valence-corrected chi connectivity index (χ3v) is 6.44. The van der Waals surface area contributed by atoms with Crippen molar-refractivity contribution in [3.05, 3.63) is 136 Å². The Morgan fingerprint density at radius 3 is 2.05 bits per heavy atom. The van der Waals surface area contributed by atoms with E-state index in [9.17, 15) is 9.18 Å². The third kappa shape index (κ3) is 7.54. The van der Waals surface area contributed by atoms with Crippen LogP contribution >= 0.6 is 23.2 Å². The number of hydrazone groups is 1. The minimum Gasteiger partial charge on any atom is -0.488 e. The molecule has 0 aliphatic rings. The summed E-state index contributed by atoms with van der Waals surface area (Å²) in [5, 5.41) is 7.07. The van der Waals surface area contributed by atoms with Gasteiger partial charge < -0.3 is 14.2 Å². The molecule has 9 heteroatoms. The van der Waals surface area contributed by atoms with Gasteiger partial charge in [0.15, 0.2) is 0 Å². The molecule has 1 amide bonds. The largest absolute Gasteiger partial charge is 0.488 e. The summed E-state index contributed by atoms with van der Waals surface area (Å²) in [5.41, 5.74) is 3.95. The minimum absolute atomic E-state index is 0.220. The molecule has 0 radical (unpaired) electrons. The summed E-state index contributed by atoms with van der Waals surface area (Å²) in [7, 11) is 0. The number of rotatable bonds is 10. The lowest BCUT2D eigenvalue weighted by Crippen LogP contribution is -2.40. The van der Waals surface area contributed by atoms with E-state index in [0.29, 0.717) is 32.9 Å². The van der Waals surface area contributed by atoms with Gasteiger partial charge in [0.05, 0.1) is 6.21 Å². The first-order valence-corrected chi connectivity index (χ1v) is 13.3. The molecule has 5 aromatic rings. The van der Waals surface area contributed by atoms with E-state index in [-0.39, 0.29) is 12.4 Å². The second-order valence-corrected chi connectivity index (χ2v) is 9.70. The van der Waals surface area contributed by atoms with E-state index < -0.39 is 12.2 Å². The van der Waals surface area contributed by atoms with E-state index >= 15 is 0 Å². The Hall–Kier alpha value is -4.59. The Bertz CT molecular complexity index is 1610. The van der Waals surface area contributed by atoms with Crippen LogP contribution in [0.25, 0.3) is 10.8 Å². The molecule has 0 aliphatic heterocycles. The fourth-order valence-corrected chi connectivity index (χ4v) is 4.15. The molecule has 0 bridgehead atoms. The molecule has 0 heterocycles. The third-order valence-electron chi connectivity index (χ3n) is 5.93. The SMILES string of the molecule is O=C(NN=Cc1c(OCc2ccc(F)cc2)ccc2ccccc12)C(Oc1ccc(Cl)cc1)Oc1ccc(Cl)cc1. The molecular weight excluding hydrogens is 566 g/mol. The molecular formula is C32H23Cl2FN2O4. The number of hydrogen-bond acceptors (Lipinski definition) is 5. The van der Waals surface area contributed by atoms with Crippen LogP contribution in [0.4, 0.5) is 4.39 Å². The standard InChI is InChI=1S/C32H23Cl2FN2O4/c33-23-8-14-26(15-9-23)40-32(41-27-16-10-24(34)11-17-27)31(38)37-36-19-29-28-4-2-1-3-22(28)7-18-30(29)39-20-21-5-12-25(35)13-6-21/h1-19,32H,20H2,(H,37,38). The molecule has 0 spiro atoms. The van der Waals surface area contributed by atoms with Gasteiger partial charge in [0, 0.05) is 15.6 Å². The fraction of sp³-hybridized carbons (Fsp3) is 0.0625. The normalized spacial score (nSPS) is 11.1. The number of halogens is 3. The highest BCUT2D eigenvalue weighted by atomic mass is 35.5. The molecule has 5 aromatic carbocycles. The van der Waals surface area contributed by atoms with Crippen molar-refractivity contribution < 1.29 is 23.4 Å². The van der Waals surface area contributed by atoms with Gasteiger partial charge in [-0.25, -0.2) is 9.82 Å². The van der Waals surface area contributed by atoms with Crippen LogP contribution in [0.3, 0.4) is 0 Å². The quantitative estimate of drug-likeness (QED) is 0.103. The highest BCUT2D eigenvalue weighted by Crippen LogP contribution is 2.28. The van der Waals surface area contributed by atoms with Gasteiger partial charge in [-0.05, 0) is 83.1 Å². The van der Waals surface area contributed by atoms with Gasteiger partial charge >= 0.3 is 12.2 Å². The maximum Gasteiger partial charge on any atom is 0.323 e. The maximum atomic E-state index is 13.3. The number of fused-ring (bicyclic) bond motifs is 1. The summed E-state index contributed by atoms with van der Waals surface area (Å²) in [6.45, 7) is 0.220. The van der Waals surface area contributed by atoms with E-state index in [2.05, 4.69) is 10.5 Å². The van der Waals surface area contributed by atoms with Crippen LogP contribution in [0.5, 0.6) is 17.2 Å². The molecule has 6 nitrogen and oxygen atoms in total. The summed E-state index contributed by atoms with van der Waals surface area (Å²) in [6, 6.07) is 30.6. The molecule has 0 unspecified atom stereocenters. The summed E-state index contributed by atoms with van der Waals surface area (Å²) in [4.78, 5) is 13.2. The van der Waals surface area contributed by atoms with Crippen LogP contribution in [0.15, 0.2) is 114 Å². The number of nitrogens with zero attached hydrogens (tertiary/aromatic N) is 1. The molecule has 5 rings (SSSR count). The van der Waals surface area contributed by atoms with Gasteiger partial charge in [0.2, 0.25) is 0 Å². The van der Waals surface area contributed by atoms with Crippen molar-refractivity contribution in [1.82, 2.24) is 5.43 Å². The summed E-state index contributed by atoms with van der Waals surface area (Å²) < 4.78 is 31.0. The Labute approximate surface area is 245 Å². The number of amides is 1. The van der Waals surface area contributed by atoms with E-state index in [1.54, 1.807) is 60.7 Å². The number of benzene rings is 5. The van der Waals surface area contributed by atoms with Crippen LogP contribution in [0, 0.1) is 5.82 Å². The first-order chi connectivity index (χ1) is 19.9. The fourth-order valence-electron chi connectivity index (χ4n) is 3.89. The van der Waals surface area contributed by atoms with E-state index in [0.717, 1.165) is 16.3 Å². The van der Waals surface area contributed by atoms with Crippen LogP contribution in [-0.4, -0.2) is 18.4 Å². The number of carbonyl (C=O) groups excluding carboxylic acids is 1. The van der Waals surface area contributed by atoms with Crippen molar-refractivity contribution in [2.45, 2.75) is 12.9 Å². The molecule has 0 aromatic heterocycles. The van der Waals surface area contributed by atoms with Gasteiger partial charge in [-0.3, -0.25) is 4.79 Å². The second-order valence-electron chi connectivity index (χ2n) is 8.82. The second kappa shape index (κ2) is 13.2. The average Bonchev–Trinajstić information content (AvgIpc) is 2.99. The first kappa shape index (κ1) is 28.0. The Balaban J connectivity index is 1.36. The number of carbonyl (C=O) groups is 1. The Morgan fingerprint density at radius 2 is 1.41 bits per heavy atom. The molecule has 41 heavy (non-hydrogen) atoms. The lowest BCUT2D eigenvalue weighted by Gasteiger charge is -2.19. The van der Waals surface area contributed by atoms with E-state index in [1.165, 1.54) is 18.3 Å². The van der Waals surface area contributed by atoms with Gasteiger partial charge in [0.1, 0.15) is 29.7 Å². The lowest BCUT2D eigenvalue weighted by molar-refractivity contribution is -0.140. The summed E-state index contributed by atoms with van der Waals surface area (Å²) in [6.07, 6.45) is 0.123. The van der Waals surface area contributed by atoms with Crippen LogP contribution in [0.1, 0.15) is 11.1 Å². The molecule has 1 N–H and O–H groups in total. The van der Waals surface area contributed by atoms with Crippen LogP contribution < -0.4 is 19.6 Å². The zero-order valence-corrected chi connectivity index (χ0v) is 23.0. The van der Waals surface area contributed by atoms with Crippen molar-refractivity contribution in [3.63, 3.8) is 0 Å². The van der Waals surface area contributed by atoms with Gasteiger partial charge in [0.25, 0.3) is 0 Å². The zero-order chi connectivity index (χ0) is 28.6. The number of nitrogens with one attached hydrogen (secondary N) is 1. The van der Waals surface area contributed by atoms with Gasteiger partial charge in [-0.2, -0.15) is 5.10 Å². The van der Waals surface area contributed by atoms with Crippen LogP contribution in [-0.2, 0) is 11.4 Å². The van der Waals surface area contributed by atoms with E-state index in [4.69, 9.17) is 37.4 Å². The minimum atomic E-state index is -1.38. The summed E-state index contributed by atoms with van der Waals surface area (Å²) >= 11 is 12.0. The van der Waals surface area contributed by atoms with Crippen molar-refractivity contribution in [2.75, 3.05) is 0 Å². The topological polar surface area (TPSA) is 69.2 Å². The first-order valence-electron chi connectivity index (χ1n) is 12.5. The average molecular weight is 589 g/mol. The Kier molecular flexibility index (Phi) is 8.98. The van der Waals surface area contributed by atoms with E-state index in [1.807, 2.05) is 36.4 Å². The molecule has 206 valence electrons. The molecule has 0 saturated carbocycles. The van der Waals surface area contributed by atoms with Crippen molar-refractivity contribution in [1.29, 1.82) is 0 Å². The predicted molar refractivity (Wildman–Crippen MR) is 158 cm³/mol. The molecule has 0 fully saturated rings. The number of ether oxygens (including phenoxy) is 3. The smallest absolute Gasteiger partial charge is 0.323 e. The van der Waals surface area contributed by atoms with Crippen molar-refractivity contribution in [2.24, 2.45) is 5.10 Å². The lowest BCUT2D eigenvalue weighted by atomic mass is 10.0. The van der Waals surface area contributed by atoms with Crippen molar-refractivity contribution >= 4 is 46.1 Å². The molecule has 0 saturated heterocycles. The molecule has 0 aliphatic carbocycles. The zero-order valence-electron chi connectivity index (χ0n) is 21.5. The number of hydrogen-bond donors (Lipinski definition) is 1. The maximum absolute atomic E-state index is 13.3. The van der Waals surface area contributed by atoms with Crippen molar-refractivity contribution in [3.8, 4) is 17.2 Å². The van der Waals surface area contributed by atoms with Gasteiger partial charge in [-0.1, -0.05) is 65.7 Å². The van der Waals surface area contributed by atoms with Gasteiger partial charge in [-0.15, -0.1) is 0 Å². The summed E-state index contributed by atoms with van der Waals surface area (Å²) in [5.74, 6) is 0.315. The van der Waals surface area contributed by atoms with Crippen LogP contribution in [0.2, 0.25) is 10.0 Å². The highest BCUT2D eigenvalue weighted by Gasteiger charge is 2.23. The predicted octanol–water partition coefficient (Wildman–Crippen LogP) is 7.80. The Morgan fingerprint density at radius 1 is 0.805 bits per heavy atom. The monoisotopic (exact) mass is 588 g/mol.